The zero-order chi connectivity index (χ0) is 13.0. The average molecular weight is 319 g/mol. The quantitative estimate of drug-likeness (QED) is 0.846. The summed E-state index contributed by atoms with van der Waals surface area (Å²) in [5.74, 6) is -0.207. The normalized spacial score (nSPS) is 11.2. The van der Waals surface area contributed by atoms with Gasteiger partial charge in [0.1, 0.15) is 5.82 Å². The summed E-state index contributed by atoms with van der Waals surface area (Å²) in [7, 11) is 0. The molecule has 0 saturated heterocycles. The summed E-state index contributed by atoms with van der Waals surface area (Å²) < 4.78 is 14.5. The molecule has 1 aromatic carbocycles. The standard InChI is InChI=1S/C12H16BrFN2S/c1-8(2)16(7-12(15)17)6-9-5-10(13)3-4-11(9)14/h3-5,8H,6-7H2,1-2H3,(H2,15,17). The van der Waals surface area contributed by atoms with Gasteiger partial charge in [-0.15, -0.1) is 0 Å². The van der Waals surface area contributed by atoms with E-state index in [1.54, 1.807) is 12.1 Å². The van der Waals surface area contributed by atoms with Gasteiger partial charge in [0, 0.05) is 29.2 Å². The number of rotatable bonds is 5. The number of hydrogen-bond donors (Lipinski definition) is 1. The van der Waals surface area contributed by atoms with E-state index in [-0.39, 0.29) is 11.9 Å². The molecule has 0 heterocycles. The Morgan fingerprint density at radius 1 is 1.53 bits per heavy atom. The van der Waals surface area contributed by atoms with Crippen LogP contribution in [0.2, 0.25) is 0 Å². The molecular weight excluding hydrogens is 303 g/mol. The van der Waals surface area contributed by atoms with Crippen molar-refractivity contribution in [2.75, 3.05) is 6.54 Å². The second-order valence-corrected chi connectivity index (χ2v) is 5.64. The monoisotopic (exact) mass is 318 g/mol. The molecule has 0 fully saturated rings. The fourth-order valence-corrected chi connectivity index (χ4v) is 2.08. The van der Waals surface area contributed by atoms with E-state index < -0.39 is 0 Å². The first-order chi connectivity index (χ1) is 7.90. The maximum atomic E-state index is 13.6. The third-order valence-corrected chi connectivity index (χ3v) is 3.09. The van der Waals surface area contributed by atoms with Crippen molar-refractivity contribution in [1.29, 1.82) is 0 Å². The first kappa shape index (κ1) is 14.5. The molecule has 2 N–H and O–H groups in total. The van der Waals surface area contributed by atoms with Gasteiger partial charge in [-0.3, -0.25) is 4.90 Å². The lowest BCUT2D eigenvalue weighted by atomic mass is 10.1. The predicted octanol–water partition coefficient (Wildman–Crippen LogP) is 3.08. The highest BCUT2D eigenvalue weighted by Crippen LogP contribution is 2.18. The van der Waals surface area contributed by atoms with Crippen molar-refractivity contribution in [3.63, 3.8) is 0 Å². The third kappa shape index (κ3) is 4.69. The fourth-order valence-electron chi connectivity index (χ4n) is 1.50. The largest absolute Gasteiger partial charge is 0.392 e. The summed E-state index contributed by atoms with van der Waals surface area (Å²) in [6, 6.07) is 5.18. The molecule has 17 heavy (non-hydrogen) atoms. The Labute approximate surface area is 115 Å². The smallest absolute Gasteiger partial charge is 0.127 e. The van der Waals surface area contributed by atoms with Crippen LogP contribution >= 0.6 is 28.1 Å². The zero-order valence-electron chi connectivity index (χ0n) is 9.91. The van der Waals surface area contributed by atoms with Crippen LogP contribution in [-0.2, 0) is 6.54 Å². The van der Waals surface area contributed by atoms with E-state index in [4.69, 9.17) is 18.0 Å². The third-order valence-electron chi connectivity index (χ3n) is 2.47. The van der Waals surface area contributed by atoms with Gasteiger partial charge in [-0.2, -0.15) is 0 Å². The lowest BCUT2D eigenvalue weighted by molar-refractivity contribution is 0.242. The number of benzene rings is 1. The van der Waals surface area contributed by atoms with E-state index in [0.717, 1.165) is 4.47 Å². The van der Waals surface area contributed by atoms with Crippen LogP contribution in [-0.4, -0.2) is 22.5 Å². The molecule has 94 valence electrons. The minimum atomic E-state index is -0.207. The molecule has 0 amide bonds. The Morgan fingerprint density at radius 3 is 2.71 bits per heavy atom. The topological polar surface area (TPSA) is 29.3 Å². The first-order valence-electron chi connectivity index (χ1n) is 5.36. The zero-order valence-corrected chi connectivity index (χ0v) is 12.3. The second-order valence-electron chi connectivity index (χ2n) is 4.20. The highest BCUT2D eigenvalue weighted by molar-refractivity contribution is 9.10. The van der Waals surface area contributed by atoms with E-state index in [2.05, 4.69) is 15.9 Å². The Morgan fingerprint density at radius 2 is 2.18 bits per heavy atom. The van der Waals surface area contributed by atoms with Crippen LogP contribution in [0.15, 0.2) is 22.7 Å². The molecular formula is C12H16BrFN2S. The number of nitrogens with two attached hydrogens (primary N) is 1. The minimum absolute atomic E-state index is 0.207. The van der Waals surface area contributed by atoms with Crippen molar-refractivity contribution >= 4 is 33.1 Å². The molecule has 1 aromatic rings. The molecule has 0 aliphatic heterocycles. The van der Waals surface area contributed by atoms with Gasteiger partial charge in [0.05, 0.1) is 4.99 Å². The van der Waals surface area contributed by atoms with Gasteiger partial charge in [-0.25, -0.2) is 4.39 Å². The van der Waals surface area contributed by atoms with Gasteiger partial charge in [0.25, 0.3) is 0 Å². The highest BCUT2D eigenvalue weighted by Gasteiger charge is 2.13. The van der Waals surface area contributed by atoms with Crippen LogP contribution in [0.4, 0.5) is 4.39 Å². The Kier molecular flexibility index (Phi) is 5.49. The summed E-state index contributed by atoms with van der Waals surface area (Å²) in [6.07, 6.45) is 0. The summed E-state index contributed by atoms with van der Waals surface area (Å²) in [5, 5.41) is 0. The van der Waals surface area contributed by atoms with Gasteiger partial charge in [0.15, 0.2) is 0 Å². The van der Waals surface area contributed by atoms with Crippen molar-refractivity contribution < 1.29 is 4.39 Å². The van der Waals surface area contributed by atoms with Crippen molar-refractivity contribution in [2.45, 2.75) is 26.4 Å². The van der Waals surface area contributed by atoms with E-state index in [9.17, 15) is 4.39 Å². The predicted molar refractivity (Wildman–Crippen MR) is 76.4 cm³/mol. The summed E-state index contributed by atoms with van der Waals surface area (Å²) in [5.41, 5.74) is 6.18. The van der Waals surface area contributed by atoms with E-state index >= 15 is 0 Å². The Hall–Kier alpha value is -0.520. The molecule has 1 rings (SSSR count). The molecule has 0 aliphatic rings. The van der Waals surface area contributed by atoms with Crippen molar-refractivity contribution in [1.82, 2.24) is 4.90 Å². The lowest BCUT2D eigenvalue weighted by Crippen LogP contribution is -2.37. The molecule has 0 unspecified atom stereocenters. The maximum Gasteiger partial charge on any atom is 0.127 e. The number of hydrogen-bond acceptors (Lipinski definition) is 2. The fraction of sp³-hybridized carbons (Fsp3) is 0.417. The van der Waals surface area contributed by atoms with Crippen LogP contribution < -0.4 is 5.73 Å². The van der Waals surface area contributed by atoms with Crippen LogP contribution in [0.25, 0.3) is 0 Å². The summed E-state index contributed by atoms with van der Waals surface area (Å²) in [6.45, 7) is 5.07. The van der Waals surface area contributed by atoms with Gasteiger partial charge in [-0.05, 0) is 32.0 Å². The molecule has 0 aliphatic carbocycles. The molecule has 0 radical (unpaired) electrons. The van der Waals surface area contributed by atoms with Crippen molar-refractivity contribution in [3.05, 3.63) is 34.1 Å². The van der Waals surface area contributed by atoms with Gasteiger partial charge in [-0.1, -0.05) is 28.1 Å². The molecule has 0 aromatic heterocycles. The number of thiocarbonyl (C=S) groups is 1. The molecule has 0 spiro atoms. The van der Waals surface area contributed by atoms with Gasteiger partial charge < -0.3 is 5.73 Å². The lowest BCUT2D eigenvalue weighted by Gasteiger charge is -2.26. The van der Waals surface area contributed by atoms with Crippen LogP contribution in [0.1, 0.15) is 19.4 Å². The van der Waals surface area contributed by atoms with Gasteiger partial charge >= 0.3 is 0 Å². The van der Waals surface area contributed by atoms with Crippen LogP contribution in [0, 0.1) is 5.82 Å². The average Bonchev–Trinajstić information content (AvgIpc) is 2.21. The summed E-state index contributed by atoms with van der Waals surface area (Å²) >= 11 is 8.24. The van der Waals surface area contributed by atoms with Gasteiger partial charge in [0.2, 0.25) is 0 Å². The van der Waals surface area contributed by atoms with Crippen LogP contribution in [0.5, 0.6) is 0 Å². The molecule has 5 heteroatoms. The maximum absolute atomic E-state index is 13.6. The minimum Gasteiger partial charge on any atom is -0.392 e. The van der Waals surface area contributed by atoms with E-state index in [0.29, 0.717) is 23.6 Å². The van der Waals surface area contributed by atoms with E-state index in [1.807, 2.05) is 18.7 Å². The number of nitrogens with zero attached hydrogens (tertiary/aromatic N) is 1. The molecule has 2 nitrogen and oxygen atoms in total. The molecule has 0 saturated carbocycles. The van der Waals surface area contributed by atoms with Crippen molar-refractivity contribution in [2.24, 2.45) is 5.73 Å². The molecule has 0 atom stereocenters. The Bertz CT molecular complexity index is 409. The Balaban J connectivity index is 2.85. The van der Waals surface area contributed by atoms with Crippen molar-refractivity contribution in [3.8, 4) is 0 Å². The summed E-state index contributed by atoms with van der Waals surface area (Å²) in [4.78, 5) is 2.46. The van der Waals surface area contributed by atoms with E-state index in [1.165, 1.54) is 6.07 Å². The van der Waals surface area contributed by atoms with Crippen LogP contribution in [0.3, 0.4) is 0 Å². The number of halogens is 2. The highest BCUT2D eigenvalue weighted by atomic mass is 79.9. The SMILES string of the molecule is CC(C)N(CC(N)=S)Cc1cc(Br)ccc1F. The molecule has 0 bridgehead atoms. The first-order valence-corrected chi connectivity index (χ1v) is 6.56. The second kappa shape index (κ2) is 6.42.